The second-order valence-corrected chi connectivity index (χ2v) is 6.28. The number of rotatable bonds is 2. The van der Waals surface area contributed by atoms with Crippen LogP contribution in [-0.2, 0) is 4.74 Å². The summed E-state index contributed by atoms with van der Waals surface area (Å²) in [6, 6.07) is 4.06. The van der Waals surface area contributed by atoms with E-state index in [9.17, 15) is 9.60 Å². The number of imidazole rings is 1. The number of ether oxygens (including phenoxy) is 1. The van der Waals surface area contributed by atoms with Crippen LogP contribution < -0.4 is 4.73 Å². The number of hydrogen-bond acceptors (Lipinski definition) is 6. The summed E-state index contributed by atoms with van der Waals surface area (Å²) < 4.78 is 26.9. The Labute approximate surface area is 146 Å². The van der Waals surface area contributed by atoms with E-state index < -0.39 is 5.82 Å². The summed E-state index contributed by atoms with van der Waals surface area (Å²) >= 11 is 0. The molecule has 0 aliphatic carbocycles. The third kappa shape index (κ3) is 2.10. The molecule has 0 bridgehead atoms. The van der Waals surface area contributed by atoms with E-state index in [1.54, 1.807) is 23.7 Å². The number of aryl methyl sites for hydroxylation is 1. The Bertz CT molecular complexity index is 1150. The summed E-state index contributed by atoms with van der Waals surface area (Å²) in [6.45, 7) is 2.33. The summed E-state index contributed by atoms with van der Waals surface area (Å²) in [6.07, 6.45) is 3.16. The molecule has 132 valence electrons. The molecule has 0 radical (unpaired) electrons. The number of fused-ring (bicyclic) bond motifs is 3. The van der Waals surface area contributed by atoms with E-state index >= 15 is 0 Å². The maximum atomic E-state index is 13.5. The molecule has 0 saturated carbocycles. The van der Waals surface area contributed by atoms with E-state index in [1.807, 2.05) is 0 Å². The van der Waals surface area contributed by atoms with E-state index in [2.05, 4.69) is 15.1 Å². The van der Waals surface area contributed by atoms with Crippen LogP contribution in [0.15, 0.2) is 29.0 Å². The van der Waals surface area contributed by atoms with Crippen molar-refractivity contribution in [2.24, 2.45) is 0 Å². The summed E-state index contributed by atoms with van der Waals surface area (Å²) in [5, 5.41) is 16.6. The highest BCUT2D eigenvalue weighted by Gasteiger charge is 2.27. The van der Waals surface area contributed by atoms with Crippen molar-refractivity contribution in [3.05, 3.63) is 47.1 Å². The van der Waals surface area contributed by atoms with Gasteiger partial charge in [0.2, 0.25) is 17.0 Å². The van der Waals surface area contributed by atoms with Gasteiger partial charge in [0.15, 0.2) is 0 Å². The lowest BCUT2D eigenvalue weighted by Gasteiger charge is -2.08. The third-order valence-electron chi connectivity index (χ3n) is 4.69. The van der Waals surface area contributed by atoms with Gasteiger partial charge in [0.05, 0.1) is 0 Å². The lowest BCUT2D eigenvalue weighted by molar-refractivity contribution is -0.583. The number of aromatic nitrogens is 5. The third-order valence-corrected chi connectivity index (χ3v) is 4.69. The number of benzene rings is 1. The maximum Gasteiger partial charge on any atom is 0.256 e. The molecule has 1 atom stereocenters. The van der Waals surface area contributed by atoms with Gasteiger partial charge in [-0.3, -0.25) is 4.40 Å². The van der Waals surface area contributed by atoms with E-state index in [-0.39, 0.29) is 11.6 Å². The van der Waals surface area contributed by atoms with Crippen LogP contribution in [0.4, 0.5) is 4.39 Å². The first-order chi connectivity index (χ1) is 12.6. The fraction of sp³-hybridized carbons (Fsp3) is 0.294. The number of nitrogens with zero attached hydrogens (tertiary/aromatic N) is 5. The smallest absolute Gasteiger partial charge is 0.256 e. The van der Waals surface area contributed by atoms with Crippen molar-refractivity contribution in [3.8, 4) is 11.5 Å². The Kier molecular flexibility index (Phi) is 3.20. The molecule has 3 aromatic heterocycles. The normalized spacial score (nSPS) is 17.5. The predicted octanol–water partition coefficient (Wildman–Crippen LogP) is 2.47. The molecule has 1 aliphatic heterocycles. The molecule has 0 N–H and O–H groups in total. The van der Waals surface area contributed by atoms with Gasteiger partial charge < -0.3 is 14.5 Å². The highest BCUT2D eigenvalue weighted by molar-refractivity contribution is 5.82. The average molecular weight is 355 g/mol. The number of hydrogen-bond donors (Lipinski definition) is 0. The number of halogens is 1. The van der Waals surface area contributed by atoms with Gasteiger partial charge in [-0.05, 0) is 25.0 Å². The van der Waals surface area contributed by atoms with E-state index in [4.69, 9.17) is 9.26 Å². The molecule has 9 heteroatoms. The van der Waals surface area contributed by atoms with Crippen LogP contribution in [0, 0.1) is 17.9 Å². The molecular formula is C17H14FN5O3. The van der Waals surface area contributed by atoms with Crippen LogP contribution in [0.25, 0.3) is 28.1 Å². The van der Waals surface area contributed by atoms with Crippen molar-refractivity contribution in [3.63, 3.8) is 0 Å². The molecule has 4 heterocycles. The van der Waals surface area contributed by atoms with E-state index in [0.717, 1.165) is 12.8 Å². The first-order valence-corrected chi connectivity index (χ1v) is 8.27. The van der Waals surface area contributed by atoms with Gasteiger partial charge in [-0.15, -0.1) is 0 Å². The highest BCUT2D eigenvalue weighted by Crippen LogP contribution is 2.30. The van der Waals surface area contributed by atoms with Crippen molar-refractivity contribution in [2.45, 2.75) is 25.9 Å². The van der Waals surface area contributed by atoms with Gasteiger partial charge >= 0.3 is 0 Å². The molecule has 8 nitrogen and oxygen atoms in total. The molecule has 1 unspecified atom stereocenters. The Morgan fingerprint density at radius 3 is 3.08 bits per heavy atom. The Morgan fingerprint density at radius 2 is 2.27 bits per heavy atom. The van der Waals surface area contributed by atoms with Crippen molar-refractivity contribution >= 4 is 16.6 Å². The molecule has 26 heavy (non-hydrogen) atoms. The van der Waals surface area contributed by atoms with Gasteiger partial charge in [-0.2, -0.15) is 9.71 Å². The zero-order valence-electron chi connectivity index (χ0n) is 13.8. The zero-order chi connectivity index (χ0) is 17.8. The minimum Gasteiger partial charge on any atom is -0.618 e. The maximum absolute atomic E-state index is 13.5. The van der Waals surface area contributed by atoms with Crippen molar-refractivity contribution in [2.75, 3.05) is 6.61 Å². The van der Waals surface area contributed by atoms with E-state index in [1.165, 1.54) is 12.1 Å². The largest absolute Gasteiger partial charge is 0.618 e. The summed E-state index contributed by atoms with van der Waals surface area (Å²) in [5.74, 6) is 0.234. The van der Waals surface area contributed by atoms with Crippen LogP contribution in [0.2, 0.25) is 0 Å². The highest BCUT2D eigenvalue weighted by atomic mass is 19.1. The van der Waals surface area contributed by atoms with Crippen LogP contribution in [0.1, 0.15) is 30.5 Å². The SMILES string of the molecule is Cc1c2c(-c3noc(C4CCCO4)n3)ncn2c2ccc(F)cc2[n+]1[O-]. The molecule has 5 rings (SSSR count). The monoisotopic (exact) mass is 355 g/mol. The molecule has 0 amide bonds. The van der Waals surface area contributed by atoms with Crippen LogP contribution in [0.5, 0.6) is 0 Å². The first-order valence-electron chi connectivity index (χ1n) is 8.27. The molecule has 4 aromatic rings. The Morgan fingerprint density at radius 1 is 1.38 bits per heavy atom. The quantitative estimate of drug-likeness (QED) is 0.405. The fourth-order valence-corrected chi connectivity index (χ4v) is 3.41. The average Bonchev–Trinajstić information content (AvgIpc) is 3.38. The van der Waals surface area contributed by atoms with Crippen molar-refractivity contribution < 1.29 is 18.4 Å². The standard InChI is InChI=1S/C17H14FN5O3/c1-9-15-14(16-20-17(26-21-16)13-3-2-6-25-13)19-8-22(15)11-5-4-10(18)7-12(11)23(9)24/h4-5,7-8,13H,2-3,6H2,1H3. The topological polar surface area (TPSA) is 92.4 Å². The van der Waals surface area contributed by atoms with Gasteiger partial charge in [-0.25, -0.2) is 9.37 Å². The minimum atomic E-state index is -0.472. The van der Waals surface area contributed by atoms with Gasteiger partial charge in [0.1, 0.15) is 35.0 Å². The molecule has 1 aromatic carbocycles. The van der Waals surface area contributed by atoms with Crippen molar-refractivity contribution in [1.82, 2.24) is 19.5 Å². The Balaban J connectivity index is 1.72. The Hall–Kier alpha value is -3.07. The molecular weight excluding hydrogens is 341 g/mol. The second-order valence-electron chi connectivity index (χ2n) is 6.28. The summed E-state index contributed by atoms with van der Waals surface area (Å²) in [4.78, 5) is 8.77. The molecule has 1 fully saturated rings. The van der Waals surface area contributed by atoms with Gasteiger partial charge in [0.25, 0.3) is 5.89 Å². The fourth-order valence-electron chi connectivity index (χ4n) is 3.41. The predicted molar refractivity (Wildman–Crippen MR) is 87.6 cm³/mol. The first kappa shape index (κ1) is 15.2. The summed E-state index contributed by atoms with van der Waals surface area (Å²) in [5.41, 5.74) is 2.14. The van der Waals surface area contributed by atoms with Crippen LogP contribution in [0.3, 0.4) is 0 Å². The second kappa shape index (κ2) is 5.46. The van der Waals surface area contributed by atoms with Crippen molar-refractivity contribution in [1.29, 1.82) is 0 Å². The van der Waals surface area contributed by atoms with Gasteiger partial charge in [0, 0.05) is 19.6 Å². The van der Waals surface area contributed by atoms with E-state index in [0.29, 0.717) is 45.5 Å². The molecule has 1 saturated heterocycles. The van der Waals surface area contributed by atoms with Crippen LogP contribution >= 0.6 is 0 Å². The summed E-state index contributed by atoms with van der Waals surface area (Å²) in [7, 11) is 0. The molecule has 1 aliphatic rings. The molecule has 0 spiro atoms. The minimum absolute atomic E-state index is 0.195. The van der Waals surface area contributed by atoms with Crippen LogP contribution in [-0.4, -0.2) is 26.1 Å². The van der Waals surface area contributed by atoms with Gasteiger partial charge in [-0.1, -0.05) is 5.16 Å². The zero-order valence-corrected chi connectivity index (χ0v) is 13.8. The lowest BCUT2D eigenvalue weighted by Crippen LogP contribution is -2.32. The lowest BCUT2D eigenvalue weighted by atomic mass is 10.2.